The van der Waals surface area contributed by atoms with Crippen LogP contribution in [0.3, 0.4) is 0 Å². The van der Waals surface area contributed by atoms with Crippen molar-refractivity contribution in [3.63, 3.8) is 0 Å². The zero-order chi connectivity index (χ0) is 11.3. The molecule has 0 spiro atoms. The number of nitrogens with zero attached hydrogens (tertiary/aromatic N) is 3. The number of nitrogens with one attached hydrogen (secondary N) is 1. The molecule has 0 radical (unpaired) electrons. The Hall–Kier alpha value is -1.69. The Morgan fingerprint density at radius 1 is 1.60 bits per heavy atom. The van der Waals surface area contributed by atoms with Gasteiger partial charge in [-0.1, -0.05) is 0 Å². The van der Waals surface area contributed by atoms with E-state index in [0.717, 1.165) is 6.54 Å². The van der Waals surface area contributed by atoms with Crippen molar-refractivity contribution < 1.29 is 9.90 Å². The molecule has 1 heterocycles. The molecule has 0 bridgehead atoms. The second-order valence-corrected chi connectivity index (χ2v) is 3.30. The smallest absolute Gasteiger partial charge is 0.354 e. The van der Waals surface area contributed by atoms with E-state index >= 15 is 0 Å². The summed E-state index contributed by atoms with van der Waals surface area (Å²) in [6.07, 6.45) is 1.43. The highest BCUT2D eigenvalue weighted by molar-refractivity contribution is 5.85. The Balaban J connectivity index is 2.54. The highest BCUT2D eigenvalue weighted by Gasteiger charge is 2.05. The van der Waals surface area contributed by atoms with Gasteiger partial charge >= 0.3 is 5.97 Å². The van der Waals surface area contributed by atoms with Crippen molar-refractivity contribution in [1.29, 1.82) is 0 Å². The van der Waals surface area contributed by atoms with E-state index in [4.69, 9.17) is 5.11 Å². The van der Waals surface area contributed by atoms with Crippen molar-refractivity contribution in [1.82, 2.24) is 14.9 Å². The van der Waals surface area contributed by atoms with Crippen LogP contribution in [0, 0.1) is 0 Å². The van der Waals surface area contributed by atoms with Gasteiger partial charge in [0.1, 0.15) is 0 Å². The summed E-state index contributed by atoms with van der Waals surface area (Å²) in [4.78, 5) is 20.4. The number of carboxylic acid groups (broad SMARTS) is 1. The molecule has 15 heavy (non-hydrogen) atoms. The van der Waals surface area contributed by atoms with Crippen LogP contribution in [0.2, 0.25) is 0 Å². The van der Waals surface area contributed by atoms with Crippen LogP contribution in [0.4, 0.5) is 5.95 Å². The largest absolute Gasteiger partial charge is 0.477 e. The second kappa shape index (κ2) is 5.26. The van der Waals surface area contributed by atoms with E-state index in [-0.39, 0.29) is 5.69 Å². The lowest BCUT2D eigenvalue weighted by Gasteiger charge is -2.10. The van der Waals surface area contributed by atoms with Crippen LogP contribution in [0.15, 0.2) is 12.3 Å². The van der Waals surface area contributed by atoms with Crippen LogP contribution in [-0.4, -0.2) is 53.1 Å². The molecule has 0 atom stereocenters. The fraction of sp³-hybridized carbons (Fsp3) is 0.444. The first-order valence-corrected chi connectivity index (χ1v) is 4.54. The first-order valence-electron chi connectivity index (χ1n) is 4.54. The van der Waals surface area contributed by atoms with E-state index in [1.54, 1.807) is 0 Å². The summed E-state index contributed by atoms with van der Waals surface area (Å²) >= 11 is 0. The van der Waals surface area contributed by atoms with E-state index in [2.05, 4.69) is 15.3 Å². The van der Waals surface area contributed by atoms with Crippen LogP contribution in [0.1, 0.15) is 10.5 Å². The summed E-state index contributed by atoms with van der Waals surface area (Å²) in [6.45, 7) is 1.51. The monoisotopic (exact) mass is 210 g/mol. The lowest BCUT2D eigenvalue weighted by atomic mass is 10.4. The lowest BCUT2D eigenvalue weighted by molar-refractivity contribution is 0.0690. The van der Waals surface area contributed by atoms with Crippen molar-refractivity contribution in [2.45, 2.75) is 0 Å². The molecule has 0 saturated heterocycles. The standard InChI is InChI=1S/C9H14N4O2/c1-13(2)6-5-11-9-10-4-3-7(12-9)8(14)15/h3-4H,5-6H2,1-2H3,(H,14,15)(H,10,11,12). The third-order valence-corrected chi connectivity index (χ3v) is 1.72. The molecular weight excluding hydrogens is 196 g/mol. The van der Waals surface area contributed by atoms with E-state index in [0.29, 0.717) is 12.5 Å². The van der Waals surface area contributed by atoms with Crippen LogP contribution in [0.5, 0.6) is 0 Å². The van der Waals surface area contributed by atoms with Gasteiger partial charge in [0.2, 0.25) is 5.95 Å². The molecule has 0 amide bonds. The van der Waals surface area contributed by atoms with Gasteiger partial charge in [0.05, 0.1) is 0 Å². The summed E-state index contributed by atoms with van der Waals surface area (Å²) in [5, 5.41) is 11.6. The topological polar surface area (TPSA) is 78.4 Å². The number of rotatable bonds is 5. The normalized spacial score (nSPS) is 10.3. The van der Waals surface area contributed by atoms with Gasteiger partial charge in [-0.2, -0.15) is 0 Å². The Labute approximate surface area is 88.0 Å². The molecule has 82 valence electrons. The lowest BCUT2D eigenvalue weighted by Crippen LogP contribution is -2.21. The van der Waals surface area contributed by atoms with E-state index < -0.39 is 5.97 Å². The number of likely N-dealkylation sites (N-methyl/N-ethyl adjacent to an activating group) is 1. The Kier molecular flexibility index (Phi) is 3.99. The zero-order valence-corrected chi connectivity index (χ0v) is 8.77. The van der Waals surface area contributed by atoms with Crippen molar-refractivity contribution >= 4 is 11.9 Å². The van der Waals surface area contributed by atoms with Crippen molar-refractivity contribution in [3.8, 4) is 0 Å². The average Bonchev–Trinajstić information content (AvgIpc) is 2.17. The minimum atomic E-state index is -1.05. The Morgan fingerprint density at radius 2 is 2.33 bits per heavy atom. The first kappa shape index (κ1) is 11.4. The highest BCUT2D eigenvalue weighted by Crippen LogP contribution is 1.99. The van der Waals surface area contributed by atoms with Gasteiger partial charge in [0.15, 0.2) is 5.69 Å². The van der Waals surface area contributed by atoms with Gasteiger partial charge in [-0.05, 0) is 20.2 Å². The third-order valence-electron chi connectivity index (χ3n) is 1.72. The van der Waals surface area contributed by atoms with Crippen LogP contribution >= 0.6 is 0 Å². The molecule has 6 heteroatoms. The average molecular weight is 210 g/mol. The second-order valence-electron chi connectivity index (χ2n) is 3.30. The molecule has 0 aliphatic carbocycles. The summed E-state index contributed by atoms with van der Waals surface area (Å²) in [5.41, 5.74) is -0.00245. The number of carbonyl (C=O) groups is 1. The number of aromatic carboxylic acids is 1. The molecule has 0 fully saturated rings. The molecule has 6 nitrogen and oxygen atoms in total. The molecular formula is C9H14N4O2. The number of anilines is 1. The number of carboxylic acids is 1. The minimum Gasteiger partial charge on any atom is -0.477 e. The van der Waals surface area contributed by atoms with Crippen molar-refractivity contribution in [3.05, 3.63) is 18.0 Å². The molecule has 0 saturated carbocycles. The maximum Gasteiger partial charge on any atom is 0.354 e. The fourth-order valence-electron chi connectivity index (χ4n) is 0.954. The Morgan fingerprint density at radius 3 is 2.93 bits per heavy atom. The van der Waals surface area contributed by atoms with Crippen molar-refractivity contribution in [2.75, 3.05) is 32.5 Å². The van der Waals surface area contributed by atoms with Crippen LogP contribution in [0.25, 0.3) is 0 Å². The molecule has 2 N–H and O–H groups in total. The maximum absolute atomic E-state index is 10.6. The Bertz CT molecular complexity index is 341. The van der Waals surface area contributed by atoms with E-state index in [1.807, 2.05) is 19.0 Å². The van der Waals surface area contributed by atoms with Crippen LogP contribution in [-0.2, 0) is 0 Å². The minimum absolute atomic E-state index is 0.00245. The predicted molar refractivity (Wildman–Crippen MR) is 56.0 cm³/mol. The van der Waals surface area contributed by atoms with Crippen LogP contribution < -0.4 is 5.32 Å². The third kappa shape index (κ3) is 3.90. The summed E-state index contributed by atoms with van der Waals surface area (Å²) < 4.78 is 0. The SMILES string of the molecule is CN(C)CCNc1nccc(C(=O)O)n1. The van der Waals surface area contributed by atoms with E-state index in [9.17, 15) is 4.79 Å². The number of hydrogen-bond donors (Lipinski definition) is 2. The maximum atomic E-state index is 10.6. The van der Waals surface area contributed by atoms with Crippen molar-refractivity contribution in [2.24, 2.45) is 0 Å². The molecule has 0 aromatic carbocycles. The predicted octanol–water partition coefficient (Wildman–Crippen LogP) is 0.148. The molecule has 0 aliphatic rings. The molecule has 1 aromatic rings. The summed E-state index contributed by atoms with van der Waals surface area (Å²) in [7, 11) is 3.91. The number of hydrogen-bond acceptors (Lipinski definition) is 5. The molecule has 0 unspecified atom stereocenters. The molecule has 1 rings (SSSR count). The van der Waals surface area contributed by atoms with Gasteiger partial charge in [-0.3, -0.25) is 0 Å². The number of aromatic nitrogens is 2. The first-order chi connectivity index (χ1) is 7.09. The molecule has 0 aliphatic heterocycles. The van der Waals surface area contributed by atoms with Gasteiger partial charge in [-0.15, -0.1) is 0 Å². The zero-order valence-electron chi connectivity index (χ0n) is 8.77. The molecule has 1 aromatic heterocycles. The summed E-state index contributed by atoms with van der Waals surface area (Å²) in [6, 6.07) is 1.36. The highest BCUT2D eigenvalue weighted by atomic mass is 16.4. The van der Waals surface area contributed by atoms with Gasteiger partial charge in [0.25, 0.3) is 0 Å². The summed E-state index contributed by atoms with van der Waals surface area (Å²) in [5.74, 6) is -0.704. The quantitative estimate of drug-likeness (QED) is 0.720. The van der Waals surface area contributed by atoms with Gasteiger partial charge in [-0.25, -0.2) is 14.8 Å². The van der Waals surface area contributed by atoms with Gasteiger partial charge < -0.3 is 15.3 Å². The van der Waals surface area contributed by atoms with E-state index in [1.165, 1.54) is 12.3 Å². The fourth-order valence-corrected chi connectivity index (χ4v) is 0.954. The van der Waals surface area contributed by atoms with Gasteiger partial charge in [0, 0.05) is 19.3 Å².